The van der Waals surface area contributed by atoms with Crippen LogP contribution < -0.4 is 5.32 Å². The number of anilines is 1. The Balaban J connectivity index is 2.00. The van der Waals surface area contributed by atoms with E-state index in [0.717, 1.165) is 24.5 Å². The molecule has 1 aliphatic rings. The summed E-state index contributed by atoms with van der Waals surface area (Å²) in [6.07, 6.45) is 1.61. The molecule has 1 aliphatic heterocycles. The highest BCUT2D eigenvalue weighted by Crippen LogP contribution is 2.32. The van der Waals surface area contributed by atoms with E-state index in [4.69, 9.17) is 0 Å². The summed E-state index contributed by atoms with van der Waals surface area (Å²) in [5.41, 5.74) is 1.13. The molecule has 1 unspecified atom stereocenters. The molecule has 1 heterocycles. The van der Waals surface area contributed by atoms with Gasteiger partial charge in [-0.25, -0.2) is 8.42 Å². The summed E-state index contributed by atoms with van der Waals surface area (Å²) in [5, 5.41) is 14.3. The summed E-state index contributed by atoms with van der Waals surface area (Å²) in [6.45, 7) is 2.81. The first-order valence-electron chi connectivity index (χ1n) is 8.49. The quantitative estimate of drug-likeness (QED) is 0.616. The Hall–Kier alpha value is -2.45. The Morgan fingerprint density at radius 3 is 2.38 bits per heavy atom. The van der Waals surface area contributed by atoms with E-state index in [-0.39, 0.29) is 16.6 Å². The fraction of sp³-hybridized carbons (Fsp3) is 0.333. The fourth-order valence-corrected chi connectivity index (χ4v) is 4.77. The Morgan fingerprint density at radius 2 is 1.77 bits per heavy atom. The molecular weight excluding hydrogens is 354 g/mol. The molecule has 0 saturated carbocycles. The normalized spacial score (nSPS) is 16.3. The number of rotatable bonds is 6. The minimum Gasteiger partial charge on any atom is -0.377 e. The molecule has 0 spiro atoms. The smallest absolute Gasteiger partial charge is 0.270 e. The van der Waals surface area contributed by atoms with Crippen molar-refractivity contribution < 1.29 is 13.3 Å². The molecule has 1 atom stereocenters. The van der Waals surface area contributed by atoms with E-state index in [1.807, 2.05) is 37.3 Å². The van der Waals surface area contributed by atoms with E-state index >= 15 is 0 Å². The predicted octanol–water partition coefficient (Wildman–Crippen LogP) is 3.55. The standard InChI is InChI=1S/C18H21N3O4S/c1-14(15-7-3-2-4-8-15)19-17-10-9-16(21(22)23)13-18(17)26(24,25)20-11-5-6-12-20/h2-4,7-10,13-14,19H,5-6,11-12H2,1H3. The summed E-state index contributed by atoms with van der Waals surface area (Å²) in [6, 6.07) is 13.4. The topological polar surface area (TPSA) is 92.5 Å². The molecule has 138 valence electrons. The Kier molecular flexibility index (Phi) is 5.24. The number of hydrogen-bond acceptors (Lipinski definition) is 5. The monoisotopic (exact) mass is 375 g/mol. The Morgan fingerprint density at radius 1 is 1.12 bits per heavy atom. The van der Waals surface area contributed by atoms with Crippen molar-refractivity contribution in [1.82, 2.24) is 4.31 Å². The van der Waals surface area contributed by atoms with Gasteiger partial charge in [-0.1, -0.05) is 30.3 Å². The number of benzene rings is 2. The van der Waals surface area contributed by atoms with Crippen LogP contribution in [0.3, 0.4) is 0 Å². The van der Waals surface area contributed by atoms with Crippen molar-refractivity contribution in [2.75, 3.05) is 18.4 Å². The summed E-state index contributed by atoms with van der Waals surface area (Å²) in [7, 11) is -3.79. The van der Waals surface area contributed by atoms with Crippen molar-refractivity contribution in [1.29, 1.82) is 0 Å². The summed E-state index contributed by atoms with van der Waals surface area (Å²) in [5.74, 6) is 0. The van der Waals surface area contributed by atoms with Crippen LogP contribution in [-0.2, 0) is 10.0 Å². The molecule has 0 amide bonds. The highest BCUT2D eigenvalue weighted by Gasteiger charge is 2.31. The minimum absolute atomic E-state index is 0.0450. The van der Waals surface area contributed by atoms with Gasteiger partial charge >= 0.3 is 0 Å². The van der Waals surface area contributed by atoms with Gasteiger partial charge in [-0.3, -0.25) is 10.1 Å². The van der Waals surface area contributed by atoms with Gasteiger partial charge in [0.15, 0.2) is 0 Å². The van der Waals surface area contributed by atoms with Crippen LogP contribution in [0.1, 0.15) is 31.4 Å². The van der Waals surface area contributed by atoms with Crippen LogP contribution in [0.25, 0.3) is 0 Å². The lowest BCUT2D eigenvalue weighted by atomic mass is 10.1. The van der Waals surface area contributed by atoms with E-state index in [2.05, 4.69) is 5.32 Å². The molecule has 7 nitrogen and oxygen atoms in total. The van der Waals surface area contributed by atoms with Crippen molar-refractivity contribution in [2.45, 2.75) is 30.7 Å². The van der Waals surface area contributed by atoms with Gasteiger partial charge in [0, 0.05) is 31.3 Å². The fourth-order valence-electron chi connectivity index (χ4n) is 3.08. The van der Waals surface area contributed by atoms with Crippen LogP contribution in [-0.4, -0.2) is 30.7 Å². The average Bonchev–Trinajstić information content (AvgIpc) is 3.18. The van der Waals surface area contributed by atoms with Crippen LogP contribution in [0.4, 0.5) is 11.4 Å². The Labute approximate surface area is 152 Å². The average molecular weight is 375 g/mol. The number of nitro benzene ring substituents is 1. The van der Waals surface area contributed by atoms with E-state index in [1.54, 1.807) is 0 Å². The van der Waals surface area contributed by atoms with Crippen LogP contribution in [0.2, 0.25) is 0 Å². The first-order valence-corrected chi connectivity index (χ1v) is 9.93. The van der Waals surface area contributed by atoms with Crippen LogP contribution in [0.15, 0.2) is 53.4 Å². The second-order valence-electron chi connectivity index (χ2n) is 6.33. The van der Waals surface area contributed by atoms with E-state index in [1.165, 1.54) is 16.4 Å². The van der Waals surface area contributed by atoms with Gasteiger partial charge in [-0.15, -0.1) is 0 Å². The van der Waals surface area contributed by atoms with Gasteiger partial charge in [0.05, 0.1) is 10.6 Å². The molecule has 0 aromatic heterocycles. The maximum absolute atomic E-state index is 13.0. The van der Waals surface area contributed by atoms with Crippen LogP contribution in [0.5, 0.6) is 0 Å². The van der Waals surface area contributed by atoms with Crippen molar-refractivity contribution in [2.24, 2.45) is 0 Å². The molecule has 8 heteroatoms. The highest BCUT2D eigenvalue weighted by atomic mass is 32.2. The largest absolute Gasteiger partial charge is 0.377 e. The number of nitrogens with one attached hydrogen (secondary N) is 1. The van der Waals surface area contributed by atoms with Gasteiger partial charge in [0.25, 0.3) is 5.69 Å². The molecule has 1 N–H and O–H groups in total. The number of nitrogens with zero attached hydrogens (tertiary/aromatic N) is 2. The zero-order chi connectivity index (χ0) is 18.7. The van der Waals surface area contributed by atoms with Crippen molar-refractivity contribution in [3.05, 3.63) is 64.2 Å². The summed E-state index contributed by atoms with van der Waals surface area (Å²) >= 11 is 0. The number of nitro groups is 1. The molecule has 2 aromatic rings. The summed E-state index contributed by atoms with van der Waals surface area (Å²) in [4.78, 5) is 10.5. The van der Waals surface area contributed by atoms with Crippen LogP contribution in [0, 0.1) is 10.1 Å². The van der Waals surface area contributed by atoms with Crippen molar-refractivity contribution in [3.63, 3.8) is 0 Å². The summed E-state index contributed by atoms with van der Waals surface area (Å²) < 4.78 is 27.4. The Bertz CT molecular complexity index is 894. The predicted molar refractivity (Wildman–Crippen MR) is 99.6 cm³/mol. The third kappa shape index (κ3) is 3.71. The molecular formula is C18H21N3O4S. The second-order valence-corrected chi connectivity index (χ2v) is 8.23. The van der Waals surface area contributed by atoms with Crippen molar-refractivity contribution in [3.8, 4) is 0 Å². The number of sulfonamides is 1. The number of non-ortho nitro benzene ring substituents is 1. The lowest BCUT2D eigenvalue weighted by Crippen LogP contribution is -2.28. The zero-order valence-corrected chi connectivity index (χ0v) is 15.3. The highest BCUT2D eigenvalue weighted by molar-refractivity contribution is 7.89. The van der Waals surface area contributed by atoms with Gasteiger partial charge in [-0.2, -0.15) is 4.31 Å². The molecule has 1 fully saturated rings. The van der Waals surface area contributed by atoms with Gasteiger partial charge in [0.1, 0.15) is 4.90 Å². The third-order valence-corrected chi connectivity index (χ3v) is 6.47. The minimum atomic E-state index is -3.79. The molecule has 2 aromatic carbocycles. The molecule has 3 rings (SSSR count). The lowest BCUT2D eigenvalue weighted by Gasteiger charge is -2.21. The van der Waals surface area contributed by atoms with Gasteiger partial charge < -0.3 is 5.32 Å². The zero-order valence-electron chi connectivity index (χ0n) is 14.5. The lowest BCUT2D eigenvalue weighted by molar-refractivity contribution is -0.385. The number of hydrogen-bond donors (Lipinski definition) is 1. The molecule has 0 radical (unpaired) electrons. The third-order valence-electron chi connectivity index (χ3n) is 4.53. The molecule has 0 bridgehead atoms. The van der Waals surface area contributed by atoms with E-state index in [9.17, 15) is 18.5 Å². The first kappa shape index (κ1) is 18.3. The van der Waals surface area contributed by atoms with Gasteiger partial charge in [0.2, 0.25) is 10.0 Å². The molecule has 26 heavy (non-hydrogen) atoms. The van der Waals surface area contributed by atoms with Crippen LogP contribution >= 0.6 is 0 Å². The van der Waals surface area contributed by atoms with Crippen molar-refractivity contribution >= 4 is 21.4 Å². The second kappa shape index (κ2) is 7.43. The molecule has 0 aliphatic carbocycles. The van der Waals surface area contributed by atoms with E-state index in [0.29, 0.717) is 18.8 Å². The molecule has 1 saturated heterocycles. The first-order chi connectivity index (χ1) is 12.4. The maximum atomic E-state index is 13.0. The maximum Gasteiger partial charge on any atom is 0.270 e. The van der Waals surface area contributed by atoms with Gasteiger partial charge in [-0.05, 0) is 31.4 Å². The SMILES string of the molecule is CC(Nc1ccc([N+](=O)[O-])cc1S(=O)(=O)N1CCCC1)c1ccccc1. The van der Waals surface area contributed by atoms with E-state index < -0.39 is 14.9 Å².